The molecule has 0 fully saturated rings. The molecule has 0 unspecified atom stereocenters. The summed E-state index contributed by atoms with van der Waals surface area (Å²) < 4.78 is 41.1. The molecule has 1 amide bonds. The molecule has 0 radical (unpaired) electrons. The number of hydrogen-bond acceptors (Lipinski definition) is 5. The molecule has 2 aromatic heterocycles. The summed E-state index contributed by atoms with van der Waals surface area (Å²) in [5.74, 6) is -0.767. The molecule has 12 heteroatoms. The van der Waals surface area contributed by atoms with Crippen molar-refractivity contribution in [3.8, 4) is 0 Å². The van der Waals surface area contributed by atoms with Crippen molar-refractivity contribution in [2.45, 2.75) is 38.9 Å². The monoisotopic (exact) mass is 594 g/mol. The number of rotatable bonds is 10. The van der Waals surface area contributed by atoms with E-state index in [4.69, 9.17) is 11.6 Å². The van der Waals surface area contributed by atoms with Crippen LogP contribution in [0.2, 0.25) is 5.02 Å². The zero-order chi connectivity index (χ0) is 29.9. The molecule has 0 saturated heterocycles. The number of aromatic nitrogens is 5. The van der Waals surface area contributed by atoms with Gasteiger partial charge in [-0.2, -0.15) is 18.4 Å². The van der Waals surface area contributed by atoms with Crippen molar-refractivity contribution < 1.29 is 22.8 Å². The number of halogens is 4. The minimum Gasteiger partial charge on any atom is -0.334 e. The lowest BCUT2D eigenvalue weighted by Gasteiger charge is -2.18. The number of H-pyrrole nitrogens is 1. The van der Waals surface area contributed by atoms with E-state index in [9.17, 15) is 22.8 Å². The first-order chi connectivity index (χ1) is 20.1. The number of fused-ring (bicyclic) bond motifs is 1. The number of anilines is 1. The highest BCUT2D eigenvalue weighted by atomic mass is 35.5. The van der Waals surface area contributed by atoms with E-state index in [1.54, 1.807) is 42.5 Å². The minimum atomic E-state index is -4.43. The number of amides is 1. The smallest absolute Gasteiger partial charge is 0.334 e. The summed E-state index contributed by atoms with van der Waals surface area (Å²) in [5.41, 5.74) is 2.40. The third kappa shape index (κ3) is 6.52. The third-order valence-corrected chi connectivity index (χ3v) is 7.25. The maximum atomic E-state index is 14.1. The summed E-state index contributed by atoms with van der Waals surface area (Å²) in [6.45, 7) is 2.22. The predicted octanol–water partition coefficient (Wildman–Crippen LogP) is 6.97. The molecule has 0 aliphatic rings. The fraction of sp³-hybridized carbons (Fsp3) is 0.233. The van der Waals surface area contributed by atoms with Gasteiger partial charge in [0.25, 0.3) is 11.9 Å². The Kier molecular flexibility index (Phi) is 8.39. The minimum absolute atomic E-state index is 0.0608. The van der Waals surface area contributed by atoms with Gasteiger partial charge in [0, 0.05) is 34.0 Å². The van der Waals surface area contributed by atoms with Crippen LogP contribution >= 0.6 is 11.6 Å². The van der Waals surface area contributed by atoms with E-state index in [1.165, 1.54) is 12.1 Å². The van der Waals surface area contributed by atoms with Gasteiger partial charge in [0.2, 0.25) is 0 Å². The molecule has 8 nitrogen and oxygen atoms in total. The summed E-state index contributed by atoms with van der Waals surface area (Å²) in [6.07, 6.45) is -2.59. The molecular weight excluding hydrogens is 569 g/mol. The number of ketones is 1. The summed E-state index contributed by atoms with van der Waals surface area (Å²) in [6, 6.07) is 19.0. The van der Waals surface area contributed by atoms with Gasteiger partial charge in [-0.25, -0.2) is 0 Å². The molecule has 2 N–H and O–H groups in total. The van der Waals surface area contributed by atoms with E-state index < -0.39 is 17.6 Å². The first kappa shape index (κ1) is 29.0. The highest BCUT2D eigenvalue weighted by molar-refractivity contribution is 6.31. The van der Waals surface area contributed by atoms with Crippen LogP contribution in [-0.2, 0) is 19.1 Å². The van der Waals surface area contributed by atoms with E-state index in [0.29, 0.717) is 34.7 Å². The zero-order valence-corrected chi connectivity index (χ0v) is 23.2. The third-order valence-electron chi connectivity index (χ3n) is 7.01. The summed E-state index contributed by atoms with van der Waals surface area (Å²) >= 11 is 6.23. The molecular formula is C30H26ClF3N6O2. The predicted molar refractivity (Wildman–Crippen MR) is 152 cm³/mol. The average Bonchev–Trinajstić information content (AvgIpc) is 3.60. The van der Waals surface area contributed by atoms with Crippen LogP contribution in [0.4, 0.5) is 19.1 Å². The second kappa shape index (κ2) is 12.2. The molecule has 5 aromatic rings. The summed E-state index contributed by atoms with van der Waals surface area (Å²) in [7, 11) is 0. The normalized spacial score (nSPS) is 12.4. The molecule has 0 aliphatic carbocycles. The number of tetrazole rings is 1. The van der Waals surface area contributed by atoms with Gasteiger partial charge < -0.3 is 4.57 Å². The number of hydrogen-bond donors (Lipinski definition) is 2. The maximum Gasteiger partial charge on any atom is 0.416 e. The Bertz CT molecular complexity index is 1700. The first-order valence-electron chi connectivity index (χ1n) is 13.2. The Labute approximate surface area is 243 Å². The van der Waals surface area contributed by atoms with Crippen LogP contribution < -0.4 is 5.32 Å². The maximum absolute atomic E-state index is 14.1. The van der Waals surface area contributed by atoms with E-state index in [2.05, 4.69) is 25.9 Å². The topological polar surface area (TPSA) is 106 Å². The van der Waals surface area contributed by atoms with Crippen LogP contribution in [0.15, 0.2) is 72.8 Å². The van der Waals surface area contributed by atoms with Crippen molar-refractivity contribution in [2.75, 3.05) is 5.32 Å². The second-order valence-corrected chi connectivity index (χ2v) is 10.4. The summed E-state index contributed by atoms with van der Waals surface area (Å²) in [4.78, 5) is 26.5. The standard InChI is InChI=1S/C30H26ClF3N6O2/c1-2-3-21(14-18-4-8-20(9-5-18)28(42)35-29-36-38-39-37-29)27(41)26-16-22-15-24(31)12-13-25(22)40(26)17-19-6-10-23(11-7-19)30(32,33)34/h4-13,15-16,21H,2-3,14,17H2,1H3,(H2,35,36,37,38,39,42)/t21-/m0/s1. The summed E-state index contributed by atoms with van der Waals surface area (Å²) in [5, 5.41) is 16.9. The number of benzene rings is 3. The molecule has 3 aromatic carbocycles. The zero-order valence-electron chi connectivity index (χ0n) is 22.5. The number of nitrogens with zero attached hydrogens (tertiary/aromatic N) is 4. The molecule has 216 valence electrons. The van der Waals surface area contributed by atoms with Crippen LogP contribution in [0, 0.1) is 5.92 Å². The second-order valence-electron chi connectivity index (χ2n) is 9.95. The molecule has 0 bridgehead atoms. The lowest BCUT2D eigenvalue weighted by molar-refractivity contribution is -0.137. The van der Waals surface area contributed by atoms with Gasteiger partial charge in [-0.15, -0.1) is 5.10 Å². The van der Waals surface area contributed by atoms with Gasteiger partial charge in [0.1, 0.15) is 0 Å². The van der Waals surface area contributed by atoms with Crippen molar-refractivity contribution in [1.82, 2.24) is 25.2 Å². The van der Waals surface area contributed by atoms with Crippen LogP contribution in [0.1, 0.15) is 57.3 Å². The van der Waals surface area contributed by atoms with Gasteiger partial charge in [-0.1, -0.05) is 54.3 Å². The fourth-order valence-corrected chi connectivity index (χ4v) is 5.13. The van der Waals surface area contributed by atoms with Crippen LogP contribution in [-0.4, -0.2) is 36.9 Å². The molecule has 42 heavy (non-hydrogen) atoms. The quantitative estimate of drug-likeness (QED) is 0.170. The van der Waals surface area contributed by atoms with E-state index >= 15 is 0 Å². The van der Waals surface area contributed by atoms with Gasteiger partial charge >= 0.3 is 6.18 Å². The Morgan fingerprint density at radius 1 is 1.00 bits per heavy atom. The Morgan fingerprint density at radius 3 is 2.36 bits per heavy atom. The van der Waals surface area contributed by atoms with E-state index in [0.717, 1.165) is 35.0 Å². The average molecular weight is 595 g/mol. The molecule has 0 aliphatic heterocycles. The van der Waals surface area contributed by atoms with Gasteiger partial charge in [0.05, 0.1) is 11.3 Å². The number of aromatic amines is 1. The number of alkyl halides is 3. The molecule has 1 atom stereocenters. The van der Waals surface area contributed by atoms with Crippen molar-refractivity contribution in [1.29, 1.82) is 0 Å². The van der Waals surface area contributed by atoms with Crippen molar-refractivity contribution in [3.63, 3.8) is 0 Å². The lowest BCUT2D eigenvalue weighted by Crippen LogP contribution is -2.21. The van der Waals surface area contributed by atoms with Crippen LogP contribution in [0.3, 0.4) is 0 Å². The van der Waals surface area contributed by atoms with Gasteiger partial charge in [0.15, 0.2) is 5.78 Å². The SMILES string of the molecule is CCC[C@@H](Cc1ccc(C(=O)Nc2nn[nH]n2)cc1)C(=O)c1cc2cc(Cl)ccc2n1Cc1ccc(C(F)(F)F)cc1. The molecule has 0 spiro atoms. The Morgan fingerprint density at radius 2 is 1.71 bits per heavy atom. The van der Waals surface area contributed by atoms with Gasteiger partial charge in [-0.05, 0) is 77.7 Å². The van der Waals surface area contributed by atoms with Crippen LogP contribution in [0.25, 0.3) is 10.9 Å². The van der Waals surface area contributed by atoms with Crippen molar-refractivity contribution in [3.05, 3.63) is 106 Å². The van der Waals surface area contributed by atoms with Crippen molar-refractivity contribution in [2.24, 2.45) is 5.92 Å². The molecule has 2 heterocycles. The van der Waals surface area contributed by atoms with E-state index in [1.807, 2.05) is 17.6 Å². The Hall–Kier alpha value is -4.51. The number of carbonyl (C=O) groups excluding carboxylic acids is 2. The van der Waals surface area contributed by atoms with Crippen molar-refractivity contribution >= 4 is 40.1 Å². The molecule has 0 saturated carbocycles. The number of carbonyl (C=O) groups is 2. The highest BCUT2D eigenvalue weighted by Crippen LogP contribution is 2.31. The van der Waals surface area contributed by atoms with Gasteiger partial charge in [-0.3, -0.25) is 14.9 Å². The largest absolute Gasteiger partial charge is 0.416 e. The number of Topliss-reactive ketones (excluding diaryl/α,β-unsaturated/α-hetero) is 1. The first-order valence-corrected chi connectivity index (χ1v) is 13.6. The fourth-order valence-electron chi connectivity index (χ4n) is 4.95. The van der Waals surface area contributed by atoms with E-state index in [-0.39, 0.29) is 24.2 Å². The highest BCUT2D eigenvalue weighted by Gasteiger charge is 2.30. The van der Waals surface area contributed by atoms with Crippen LogP contribution in [0.5, 0.6) is 0 Å². The molecule has 5 rings (SSSR count). The number of nitrogens with one attached hydrogen (secondary N) is 2. The lowest BCUT2D eigenvalue weighted by atomic mass is 9.89. The Balaban J connectivity index is 1.41.